The first-order valence-electron chi connectivity index (χ1n) is 6.90. The number of amides is 1. The van der Waals surface area contributed by atoms with Crippen LogP contribution >= 0.6 is 0 Å². The number of rotatable bonds is 6. The van der Waals surface area contributed by atoms with Gasteiger partial charge in [-0.2, -0.15) is 13.2 Å². The fraction of sp³-hybridized carbons (Fsp3) is 0.923. The molecule has 0 aliphatic heterocycles. The highest BCUT2D eigenvalue weighted by Gasteiger charge is 2.42. The number of nitrogens with two attached hydrogens (primary N) is 1. The molecule has 1 aliphatic rings. The summed E-state index contributed by atoms with van der Waals surface area (Å²) < 4.78 is 41.6. The summed E-state index contributed by atoms with van der Waals surface area (Å²) in [6.07, 6.45) is -3.25. The van der Waals surface area contributed by atoms with E-state index >= 15 is 0 Å². The highest BCUT2D eigenvalue weighted by molar-refractivity contribution is 5.84. The van der Waals surface area contributed by atoms with Gasteiger partial charge in [-0.05, 0) is 33.1 Å². The third-order valence-corrected chi connectivity index (χ3v) is 3.48. The number of alkyl halides is 3. The molecule has 2 atom stereocenters. The van der Waals surface area contributed by atoms with E-state index in [2.05, 4.69) is 5.32 Å². The van der Waals surface area contributed by atoms with Crippen molar-refractivity contribution in [1.82, 2.24) is 5.32 Å². The van der Waals surface area contributed by atoms with Crippen molar-refractivity contribution in [2.24, 2.45) is 5.73 Å². The maximum atomic E-state index is 12.1. The molecule has 118 valence electrons. The smallest absolute Gasteiger partial charge is 0.378 e. The quantitative estimate of drug-likeness (QED) is 0.789. The molecule has 0 aromatic carbocycles. The van der Waals surface area contributed by atoms with Gasteiger partial charge in [0, 0.05) is 12.5 Å². The molecule has 20 heavy (non-hydrogen) atoms. The van der Waals surface area contributed by atoms with Crippen LogP contribution < -0.4 is 11.1 Å². The van der Waals surface area contributed by atoms with Gasteiger partial charge in [0.15, 0.2) is 0 Å². The number of hydrogen-bond acceptors (Lipinski definition) is 3. The topological polar surface area (TPSA) is 64.3 Å². The fourth-order valence-corrected chi connectivity index (χ4v) is 2.69. The van der Waals surface area contributed by atoms with E-state index in [1.807, 2.05) is 13.8 Å². The zero-order chi connectivity index (χ0) is 15.4. The Morgan fingerprint density at radius 1 is 1.50 bits per heavy atom. The molecule has 0 saturated heterocycles. The summed E-state index contributed by atoms with van der Waals surface area (Å²) in [5.74, 6) is -0.463. The maximum Gasteiger partial charge on any atom is 0.391 e. The van der Waals surface area contributed by atoms with Crippen molar-refractivity contribution in [1.29, 1.82) is 0 Å². The van der Waals surface area contributed by atoms with Crippen molar-refractivity contribution in [3.8, 4) is 0 Å². The summed E-state index contributed by atoms with van der Waals surface area (Å²) >= 11 is 0. The molecule has 7 heteroatoms. The average Bonchev–Trinajstić information content (AvgIpc) is 2.26. The monoisotopic (exact) mass is 296 g/mol. The lowest BCUT2D eigenvalue weighted by atomic mass is 9.79. The minimum absolute atomic E-state index is 0.0661. The molecule has 0 aromatic heterocycles. The van der Waals surface area contributed by atoms with E-state index in [1.54, 1.807) is 0 Å². The molecular weight excluding hydrogens is 273 g/mol. The van der Waals surface area contributed by atoms with Gasteiger partial charge in [-0.15, -0.1) is 0 Å². The third kappa shape index (κ3) is 5.28. The standard InChI is InChI=1S/C13H23F3N2O2/c1-9(2)18-12(11(17)19)5-3-4-10(8-12)20-7-6-13(14,15)16/h9-10,18H,3-8H2,1-2H3,(H2,17,19). The van der Waals surface area contributed by atoms with E-state index < -0.39 is 24.0 Å². The van der Waals surface area contributed by atoms with Crippen LogP contribution in [-0.4, -0.2) is 36.4 Å². The van der Waals surface area contributed by atoms with Gasteiger partial charge in [0.05, 0.1) is 19.1 Å². The molecule has 0 bridgehead atoms. The van der Waals surface area contributed by atoms with E-state index in [0.717, 1.165) is 0 Å². The van der Waals surface area contributed by atoms with E-state index in [0.29, 0.717) is 25.7 Å². The second-order valence-electron chi connectivity index (χ2n) is 5.70. The van der Waals surface area contributed by atoms with Crippen LogP contribution in [0, 0.1) is 0 Å². The van der Waals surface area contributed by atoms with Gasteiger partial charge < -0.3 is 15.8 Å². The molecular formula is C13H23F3N2O2. The average molecular weight is 296 g/mol. The number of primary amides is 1. The second-order valence-corrected chi connectivity index (χ2v) is 5.70. The van der Waals surface area contributed by atoms with Gasteiger partial charge in [-0.3, -0.25) is 4.79 Å². The molecule has 1 amide bonds. The van der Waals surface area contributed by atoms with Crippen LogP contribution in [0.2, 0.25) is 0 Å². The Bertz CT molecular complexity index is 334. The van der Waals surface area contributed by atoms with Crippen LogP contribution in [0.4, 0.5) is 13.2 Å². The van der Waals surface area contributed by atoms with Gasteiger partial charge in [0.1, 0.15) is 5.54 Å². The predicted molar refractivity (Wildman–Crippen MR) is 69.1 cm³/mol. The minimum atomic E-state index is -4.22. The molecule has 1 saturated carbocycles. The highest BCUT2D eigenvalue weighted by Crippen LogP contribution is 2.31. The van der Waals surface area contributed by atoms with Crippen LogP contribution in [0.3, 0.4) is 0 Å². The summed E-state index contributed by atoms with van der Waals surface area (Å²) in [6.45, 7) is 3.43. The Balaban J connectivity index is 2.57. The maximum absolute atomic E-state index is 12.1. The molecule has 2 unspecified atom stereocenters. The molecule has 1 fully saturated rings. The van der Waals surface area contributed by atoms with Crippen LogP contribution in [0.5, 0.6) is 0 Å². The van der Waals surface area contributed by atoms with E-state index in [-0.39, 0.29) is 18.8 Å². The molecule has 4 nitrogen and oxygen atoms in total. The SMILES string of the molecule is CC(C)NC1(C(N)=O)CCCC(OCCC(F)(F)F)C1. The first-order chi connectivity index (χ1) is 9.15. The highest BCUT2D eigenvalue weighted by atomic mass is 19.4. The lowest BCUT2D eigenvalue weighted by molar-refractivity contribution is -0.152. The van der Waals surface area contributed by atoms with Crippen molar-refractivity contribution < 1.29 is 22.7 Å². The van der Waals surface area contributed by atoms with Crippen LogP contribution in [0.1, 0.15) is 46.0 Å². The van der Waals surface area contributed by atoms with Crippen molar-refractivity contribution in [2.45, 2.75) is 69.8 Å². The van der Waals surface area contributed by atoms with E-state index in [4.69, 9.17) is 10.5 Å². The predicted octanol–water partition coefficient (Wildman–Crippen LogP) is 2.12. The van der Waals surface area contributed by atoms with Gasteiger partial charge in [-0.25, -0.2) is 0 Å². The van der Waals surface area contributed by atoms with Crippen molar-refractivity contribution in [2.75, 3.05) is 6.61 Å². The zero-order valence-corrected chi connectivity index (χ0v) is 11.9. The second kappa shape index (κ2) is 6.76. The van der Waals surface area contributed by atoms with E-state index in [1.165, 1.54) is 0 Å². The Hall–Kier alpha value is -0.820. The van der Waals surface area contributed by atoms with Crippen molar-refractivity contribution >= 4 is 5.91 Å². The van der Waals surface area contributed by atoms with Gasteiger partial charge in [-0.1, -0.05) is 0 Å². The summed E-state index contributed by atoms with van der Waals surface area (Å²) in [4.78, 5) is 11.7. The Labute approximate surface area is 117 Å². The molecule has 1 aliphatic carbocycles. The summed E-state index contributed by atoms with van der Waals surface area (Å²) in [5.41, 5.74) is 4.61. The molecule has 1 rings (SSSR count). The van der Waals surface area contributed by atoms with E-state index in [9.17, 15) is 18.0 Å². The van der Waals surface area contributed by atoms with Gasteiger partial charge >= 0.3 is 6.18 Å². The van der Waals surface area contributed by atoms with Crippen molar-refractivity contribution in [3.63, 3.8) is 0 Å². The normalized spacial score (nSPS) is 27.8. The largest absolute Gasteiger partial charge is 0.391 e. The fourth-order valence-electron chi connectivity index (χ4n) is 2.69. The van der Waals surface area contributed by atoms with Crippen molar-refractivity contribution in [3.05, 3.63) is 0 Å². The first-order valence-corrected chi connectivity index (χ1v) is 6.90. The van der Waals surface area contributed by atoms with Gasteiger partial charge in [0.25, 0.3) is 0 Å². The molecule has 0 spiro atoms. The number of halogens is 3. The third-order valence-electron chi connectivity index (χ3n) is 3.48. The molecule has 0 aromatic rings. The lowest BCUT2D eigenvalue weighted by Gasteiger charge is -2.40. The first kappa shape index (κ1) is 17.2. The number of carbonyl (C=O) groups excluding carboxylic acids is 1. The molecule has 0 radical (unpaired) electrons. The van der Waals surface area contributed by atoms with Crippen LogP contribution in [0.25, 0.3) is 0 Å². The number of ether oxygens (including phenoxy) is 1. The van der Waals surface area contributed by atoms with Gasteiger partial charge in [0.2, 0.25) is 5.91 Å². The Morgan fingerprint density at radius 3 is 2.65 bits per heavy atom. The molecule has 0 heterocycles. The summed E-state index contributed by atoms with van der Waals surface area (Å²) in [6, 6.07) is 0.0661. The molecule has 3 N–H and O–H groups in total. The zero-order valence-electron chi connectivity index (χ0n) is 11.9. The van der Waals surface area contributed by atoms with Crippen LogP contribution in [-0.2, 0) is 9.53 Å². The lowest BCUT2D eigenvalue weighted by Crippen LogP contribution is -2.60. The summed E-state index contributed by atoms with van der Waals surface area (Å²) in [7, 11) is 0. The summed E-state index contributed by atoms with van der Waals surface area (Å²) in [5, 5.41) is 3.15. The number of carbonyl (C=O) groups is 1. The van der Waals surface area contributed by atoms with Crippen LogP contribution in [0.15, 0.2) is 0 Å². The minimum Gasteiger partial charge on any atom is -0.378 e. The Kier molecular flexibility index (Phi) is 5.82. The number of hydrogen-bond donors (Lipinski definition) is 2. The Morgan fingerprint density at radius 2 is 2.15 bits per heavy atom. The number of nitrogens with one attached hydrogen (secondary N) is 1.